The fourth-order valence-corrected chi connectivity index (χ4v) is 8.54. The highest BCUT2D eigenvalue weighted by molar-refractivity contribution is 6.74. The molecule has 0 bridgehead atoms. The van der Waals surface area contributed by atoms with Crippen LogP contribution in [0.3, 0.4) is 0 Å². The molecule has 1 aromatic carbocycles. The van der Waals surface area contributed by atoms with Crippen molar-refractivity contribution in [1.82, 2.24) is 0 Å². The number of carbonyl (C=O) groups excluding carboxylic acids is 1. The monoisotopic (exact) mass is 746 g/mol. The molecule has 2 rings (SSSR count). The van der Waals surface area contributed by atoms with Gasteiger partial charge in [-0.05, 0) is 67.5 Å². The molecule has 0 unspecified atom stereocenters. The van der Waals surface area contributed by atoms with Gasteiger partial charge in [-0.3, -0.25) is 0 Å². The first-order valence-corrected chi connectivity index (χ1v) is 24.2. The molecule has 0 spiro atoms. The molecular formula is C41H70O8Si2. The van der Waals surface area contributed by atoms with Crippen LogP contribution in [0, 0.1) is 11.8 Å². The Morgan fingerprint density at radius 2 is 1.41 bits per heavy atom. The van der Waals surface area contributed by atoms with E-state index in [2.05, 4.69) is 101 Å². The average molecular weight is 747 g/mol. The van der Waals surface area contributed by atoms with Crippen LogP contribution >= 0.6 is 0 Å². The summed E-state index contributed by atoms with van der Waals surface area (Å²) < 4.78 is 44.1. The minimum absolute atomic E-state index is 0.0203. The summed E-state index contributed by atoms with van der Waals surface area (Å²) in [5, 5.41) is -0.0512. The van der Waals surface area contributed by atoms with Gasteiger partial charge in [0.05, 0.1) is 31.5 Å². The number of rotatable bonds is 18. The van der Waals surface area contributed by atoms with E-state index in [0.717, 1.165) is 17.1 Å². The third kappa shape index (κ3) is 12.9. The minimum Gasteiger partial charge on any atom is -0.497 e. The van der Waals surface area contributed by atoms with Gasteiger partial charge in [0.1, 0.15) is 23.4 Å². The first-order valence-electron chi connectivity index (χ1n) is 18.4. The molecule has 0 amide bonds. The van der Waals surface area contributed by atoms with Crippen LogP contribution in [0.5, 0.6) is 11.5 Å². The number of carbonyl (C=O) groups is 1. The van der Waals surface area contributed by atoms with Gasteiger partial charge in [0.25, 0.3) is 0 Å². The zero-order chi connectivity index (χ0) is 39.2. The Balaban J connectivity index is 2.54. The Hall–Kier alpha value is -2.38. The average Bonchev–Trinajstić information content (AvgIpc) is 2.99. The summed E-state index contributed by atoms with van der Waals surface area (Å²) in [5.74, 6) is 0.503. The number of ether oxygens (including phenoxy) is 5. The summed E-state index contributed by atoms with van der Waals surface area (Å²) in [6.07, 6.45) is 5.57. The van der Waals surface area contributed by atoms with E-state index in [1.165, 1.54) is 6.08 Å². The van der Waals surface area contributed by atoms with E-state index in [-0.39, 0.29) is 46.3 Å². The fourth-order valence-electron chi connectivity index (χ4n) is 5.67. The largest absolute Gasteiger partial charge is 0.497 e. The Morgan fingerprint density at radius 3 is 1.88 bits per heavy atom. The van der Waals surface area contributed by atoms with Gasteiger partial charge in [-0.2, -0.15) is 0 Å². The van der Waals surface area contributed by atoms with Crippen LogP contribution in [0.1, 0.15) is 89.0 Å². The SMILES string of the molecule is C=C[C@@H](C/C(C)=C/[C@@H](OC)[C@@H](C)[C@@H](O[Si](C)(C)C(C)(C)C)[C@H](C)[C@H](CC1=CC(=O)OC(C)(C)O1)O[Si](C)(C)C(C)(C)C)Oc1ccc(OC)cc1. The topological polar surface area (TPSA) is 81.7 Å². The Labute approximate surface area is 312 Å². The third-order valence-corrected chi connectivity index (χ3v) is 19.9. The number of benzene rings is 1. The second-order valence-electron chi connectivity index (χ2n) is 17.7. The predicted octanol–water partition coefficient (Wildman–Crippen LogP) is 10.6. The standard InChI is InChI=1S/C41H70O8Si2/c1-19-31(45-33-22-20-32(43-13)21-23-33)24-28(2)25-35(44-14)29(3)38(49-51(17,18)40(8,9)10)30(4)36(48-50(15,16)39(5,6)7)26-34-27-37(42)47-41(11,12)46-34/h19-23,25,27,29-31,35-36,38H,1,24,26H2,2-18H3/b28-25+/t29-,30-,31+,35-,36+,38-/m1/s1. The summed E-state index contributed by atoms with van der Waals surface area (Å²) in [7, 11) is -1.16. The number of methoxy groups -OCH3 is 2. The van der Waals surface area contributed by atoms with E-state index in [9.17, 15) is 4.79 Å². The molecule has 8 nitrogen and oxygen atoms in total. The molecule has 0 aromatic heterocycles. The van der Waals surface area contributed by atoms with Gasteiger partial charge in [0.2, 0.25) is 5.79 Å². The summed E-state index contributed by atoms with van der Waals surface area (Å²) in [5.41, 5.74) is 1.13. The maximum absolute atomic E-state index is 12.6. The molecule has 0 saturated heterocycles. The number of hydrogen-bond donors (Lipinski definition) is 0. The molecule has 10 heteroatoms. The molecule has 0 aliphatic carbocycles. The van der Waals surface area contributed by atoms with Gasteiger partial charge < -0.3 is 32.5 Å². The van der Waals surface area contributed by atoms with Gasteiger partial charge in [-0.1, -0.05) is 79.7 Å². The van der Waals surface area contributed by atoms with E-state index >= 15 is 0 Å². The van der Waals surface area contributed by atoms with Crippen molar-refractivity contribution in [3.63, 3.8) is 0 Å². The van der Waals surface area contributed by atoms with E-state index in [1.54, 1.807) is 28.1 Å². The lowest BCUT2D eigenvalue weighted by molar-refractivity contribution is -0.207. The summed E-state index contributed by atoms with van der Waals surface area (Å²) >= 11 is 0. The normalized spacial score (nSPS) is 19.4. The Bertz CT molecular complexity index is 1350. The molecule has 0 radical (unpaired) electrons. The van der Waals surface area contributed by atoms with Crippen LogP contribution < -0.4 is 9.47 Å². The van der Waals surface area contributed by atoms with Gasteiger partial charge in [-0.25, -0.2) is 4.79 Å². The van der Waals surface area contributed by atoms with Crippen molar-refractivity contribution in [3.05, 3.63) is 60.4 Å². The Morgan fingerprint density at radius 1 is 0.882 bits per heavy atom. The smallest absolute Gasteiger partial charge is 0.337 e. The van der Waals surface area contributed by atoms with E-state index < -0.39 is 28.4 Å². The highest BCUT2D eigenvalue weighted by atomic mass is 28.4. The Kier molecular flexibility index (Phi) is 15.5. The van der Waals surface area contributed by atoms with Crippen LogP contribution in [0.4, 0.5) is 0 Å². The number of hydrogen-bond acceptors (Lipinski definition) is 8. The van der Waals surface area contributed by atoms with Crippen molar-refractivity contribution in [2.24, 2.45) is 11.8 Å². The highest BCUT2D eigenvalue weighted by Gasteiger charge is 2.47. The summed E-state index contributed by atoms with van der Waals surface area (Å²) in [6.45, 7) is 36.7. The van der Waals surface area contributed by atoms with Crippen LogP contribution in [-0.4, -0.2) is 67.0 Å². The zero-order valence-electron chi connectivity index (χ0n) is 34.9. The lowest BCUT2D eigenvalue weighted by Gasteiger charge is -2.47. The van der Waals surface area contributed by atoms with Gasteiger partial charge >= 0.3 is 5.97 Å². The molecule has 1 aromatic rings. The highest BCUT2D eigenvalue weighted by Crippen LogP contribution is 2.44. The predicted molar refractivity (Wildman–Crippen MR) is 213 cm³/mol. The molecular weight excluding hydrogens is 677 g/mol. The maximum atomic E-state index is 12.6. The molecule has 1 heterocycles. The van der Waals surface area contributed by atoms with E-state index in [4.69, 9.17) is 32.5 Å². The molecule has 51 heavy (non-hydrogen) atoms. The van der Waals surface area contributed by atoms with Gasteiger partial charge in [-0.15, -0.1) is 0 Å². The molecule has 290 valence electrons. The van der Waals surface area contributed by atoms with Crippen molar-refractivity contribution >= 4 is 22.6 Å². The van der Waals surface area contributed by atoms with Crippen LogP contribution in [-0.2, 0) is 27.9 Å². The van der Waals surface area contributed by atoms with Crippen molar-refractivity contribution in [2.45, 2.75) is 155 Å². The molecule has 0 saturated carbocycles. The quantitative estimate of drug-likeness (QED) is 0.0834. The first kappa shape index (κ1) is 44.8. The van der Waals surface area contributed by atoms with Crippen molar-refractivity contribution < 1.29 is 37.3 Å². The zero-order valence-corrected chi connectivity index (χ0v) is 36.9. The van der Waals surface area contributed by atoms with Gasteiger partial charge in [0, 0.05) is 45.6 Å². The van der Waals surface area contributed by atoms with Crippen LogP contribution in [0.2, 0.25) is 36.3 Å². The second kappa shape index (κ2) is 17.6. The van der Waals surface area contributed by atoms with E-state index in [1.807, 2.05) is 30.3 Å². The number of esters is 1. The van der Waals surface area contributed by atoms with E-state index in [0.29, 0.717) is 18.6 Å². The molecule has 0 fully saturated rings. The molecule has 6 atom stereocenters. The fraction of sp³-hybridized carbons (Fsp3) is 0.683. The second-order valence-corrected chi connectivity index (χ2v) is 27.2. The number of cyclic esters (lactones) is 1. The van der Waals surface area contributed by atoms with Gasteiger partial charge in [0.15, 0.2) is 16.6 Å². The van der Waals surface area contributed by atoms with Crippen LogP contribution in [0.25, 0.3) is 0 Å². The summed E-state index contributed by atoms with van der Waals surface area (Å²) in [6, 6.07) is 7.57. The minimum atomic E-state index is -2.28. The first-order chi connectivity index (χ1) is 23.3. The molecule has 1 aliphatic rings. The lowest BCUT2D eigenvalue weighted by atomic mass is 9.84. The third-order valence-electron chi connectivity index (χ3n) is 10.9. The molecule has 0 N–H and O–H groups in total. The maximum Gasteiger partial charge on any atom is 0.337 e. The van der Waals surface area contributed by atoms with Crippen molar-refractivity contribution in [3.8, 4) is 11.5 Å². The van der Waals surface area contributed by atoms with Crippen molar-refractivity contribution in [2.75, 3.05) is 14.2 Å². The van der Waals surface area contributed by atoms with Crippen molar-refractivity contribution in [1.29, 1.82) is 0 Å². The summed E-state index contributed by atoms with van der Waals surface area (Å²) in [4.78, 5) is 12.6. The lowest BCUT2D eigenvalue weighted by Crippen LogP contribution is -2.53. The van der Waals surface area contributed by atoms with Crippen LogP contribution in [0.15, 0.2) is 60.4 Å². The molecule has 1 aliphatic heterocycles.